The minimum Gasteiger partial charge on any atom is -0.373 e. The summed E-state index contributed by atoms with van der Waals surface area (Å²) in [6.45, 7) is 1.66. The average Bonchev–Trinajstić information content (AvgIpc) is 2.17. The van der Waals surface area contributed by atoms with E-state index in [0.717, 1.165) is 23.6 Å². The summed E-state index contributed by atoms with van der Waals surface area (Å²) in [5.41, 5.74) is 9.27. The lowest BCUT2D eigenvalue weighted by Crippen LogP contribution is -2.25. The molecule has 0 aliphatic carbocycles. The summed E-state index contributed by atoms with van der Waals surface area (Å²) in [5.74, 6) is 0. The number of benzene rings is 1. The number of anilines is 1. The molecule has 0 spiro atoms. The first-order valence-electron chi connectivity index (χ1n) is 4.95. The summed E-state index contributed by atoms with van der Waals surface area (Å²) in [5, 5.41) is 0.838. The normalized spacial score (nSPS) is 15.5. The van der Waals surface area contributed by atoms with Gasteiger partial charge in [-0.05, 0) is 30.0 Å². The lowest BCUT2D eigenvalue weighted by atomic mass is 9.99. The number of rotatable bonds is 1. The second kappa shape index (κ2) is 3.79. The monoisotopic (exact) mass is 210 g/mol. The van der Waals surface area contributed by atoms with E-state index in [4.69, 9.17) is 17.3 Å². The van der Waals surface area contributed by atoms with Crippen LogP contribution >= 0.6 is 11.6 Å². The van der Waals surface area contributed by atoms with Crippen molar-refractivity contribution in [3.05, 3.63) is 28.3 Å². The molecule has 76 valence electrons. The largest absolute Gasteiger partial charge is 0.373 e. The fraction of sp³-hybridized carbons (Fsp3) is 0.455. The van der Waals surface area contributed by atoms with Crippen LogP contribution in [-0.4, -0.2) is 13.6 Å². The van der Waals surface area contributed by atoms with Crippen molar-refractivity contribution in [3.8, 4) is 0 Å². The SMILES string of the molecule is CN1CCCc2cc(CN)cc(Cl)c21. The van der Waals surface area contributed by atoms with E-state index < -0.39 is 0 Å². The Morgan fingerprint density at radius 1 is 1.50 bits per heavy atom. The van der Waals surface area contributed by atoms with Crippen LogP contribution < -0.4 is 10.6 Å². The van der Waals surface area contributed by atoms with Gasteiger partial charge in [0, 0.05) is 20.1 Å². The molecule has 0 atom stereocenters. The third-order valence-corrected chi connectivity index (χ3v) is 3.05. The molecule has 14 heavy (non-hydrogen) atoms. The Morgan fingerprint density at radius 3 is 3.00 bits per heavy atom. The number of fused-ring (bicyclic) bond motifs is 1. The lowest BCUT2D eigenvalue weighted by Gasteiger charge is -2.29. The molecule has 0 fully saturated rings. The summed E-state index contributed by atoms with van der Waals surface area (Å²) >= 11 is 6.22. The molecule has 0 aromatic heterocycles. The van der Waals surface area contributed by atoms with Crippen molar-refractivity contribution in [2.75, 3.05) is 18.5 Å². The van der Waals surface area contributed by atoms with Gasteiger partial charge in [0.05, 0.1) is 10.7 Å². The number of nitrogens with zero attached hydrogens (tertiary/aromatic N) is 1. The first kappa shape index (κ1) is 9.81. The van der Waals surface area contributed by atoms with Gasteiger partial charge in [-0.15, -0.1) is 0 Å². The van der Waals surface area contributed by atoms with Crippen molar-refractivity contribution in [2.24, 2.45) is 5.73 Å². The summed E-state index contributed by atoms with van der Waals surface area (Å²) < 4.78 is 0. The van der Waals surface area contributed by atoms with Crippen molar-refractivity contribution < 1.29 is 0 Å². The van der Waals surface area contributed by atoms with Crippen LogP contribution in [-0.2, 0) is 13.0 Å². The van der Waals surface area contributed by atoms with E-state index in [-0.39, 0.29) is 0 Å². The first-order valence-corrected chi connectivity index (χ1v) is 5.32. The van der Waals surface area contributed by atoms with Gasteiger partial charge in [-0.1, -0.05) is 17.7 Å². The van der Waals surface area contributed by atoms with Crippen LogP contribution in [0.1, 0.15) is 17.5 Å². The van der Waals surface area contributed by atoms with Gasteiger partial charge in [-0.25, -0.2) is 0 Å². The predicted octanol–water partition coefficient (Wildman–Crippen LogP) is 2.18. The number of nitrogens with two attached hydrogens (primary N) is 1. The van der Waals surface area contributed by atoms with Gasteiger partial charge in [-0.3, -0.25) is 0 Å². The Morgan fingerprint density at radius 2 is 2.29 bits per heavy atom. The van der Waals surface area contributed by atoms with Crippen LogP contribution in [0.2, 0.25) is 5.02 Å². The van der Waals surface area contributed by atoms with Crippen LogP contribution in [0.3, 0.4) is 0 Å². The van der Waals surface area contributed by atoms with Crippen LogP contribution in [0, 0.1) is 0 Å². The molecule has 0 bridgehead atoms. The van der Waals surface area contributed by atoms with Gasteiger partial charge in [-0.2, -0.15) is 0 Å². The van der Waals surface area contributed by atoms with Crippen molar-refractivity contribution in [3.63, 3.8) is 0 Å². The smallest absolute Gasteiger partial charge is 0.0645 e. The van der Waals surface area contributed by atoms with E-state index in [1.54, 1.807) is 0 Å². The van der Waals surface area contributed by atoms with Gasteiger partial charge in [0.25, 0.3) is 0 Å². The van der Waals surface area contributed by atoms with Gasteiger partial charge in [0.1, 0.15) is 0 Å². The fourth-order valence-electron chi connectivity index (χ4n) is 2.07. The second-order valence-corrected chi connectivity index (χ2v) is 4.22. The van der Waals surface area contributed by atoms with Gasteiger partial charge in [0.15, 0.2) is 0 Å². The Hall–Kier alpha value is -0.730. The molecular formula is C11H15ClN2. The van der Waals surface area contributed by atoms with Gasteiger partial charge < -0.3 is 10.6 Å². The van der Waals surface area contributed by atoms with Gasteiger partial charge in [0.2, 0.25) is 0 Å². The molecule has 0 unspecified atom stereocenters. The highest BCUT2D eigenvalue weighted by Crippen LogP contribution is 2.34. The molecule has 0 amide bonds. The zero-order valence-corrected chi connectivity index (χ0v) is 9.14. The van der Waals surface area contributed by atoms with E-state index in [1.807, 2.05) is 6.07 Å². The highest BCUT2D eigenvalue weighted by Gasteiger charge is 2.17. The minimum atomic E-state index is 0.566. The fourth-order valence-corrected chi connectivity index (χ4v) is 2.48. The molecule has 2 N–H and O–H groups in total. The molecule has 2 nitrogen and oxygen atoms in total. The lowest BCUT2D eigenvalue weighted by molar-refractivity contribution is 0.743. The van der Waals surface area contributed by atoms with Crippen molar-refractivity contribution >= 4 is 17.3 Å². The van der Waals surface area contributed by atoms with E-state index in [2.05, 4.69) is 18.0 Å². The van der Waals surface area contributed by atoms with Crippen LogP contribution in [0.25, 0.3) is 0 Å². The number of halogens is 1. The standard InChI is InChI=1S/C11H15ClN2/c1-14-4-2-3-9-5-8(7-13)6-10(12)11(9)14/h5-6H,2-4,7,13H2,1H3. The molecule has 0 saturated carbocycles. The van der Waals surface area contributed by atoms with Crippen LogP contribution in [0.15, 0.2) is 12.1 Å². The average molecular weight is 211 g/mol. The highest BCUT2D eigenvalue weighted by atomic mass is 35.5. The quantitative estimate of drug-likeness (QED) is 0.770. The van der Waals surface area contributed by atoms with E-state index in [9.17, 15) is 0 Å². The van der Waals surface area contributed by atoms with Crippen molar-refractivity contribution in [1.29, 1.82) is 0 Å². The minimum absolute atomic E-state index is 0.566. The Labute approximate surface area is 89.7 Å². The Bertz CT molecular complexity index is 349. The summed E-state index contributed by atoms with van der Waals surface area (Å²) in [4.78, 5) is 2.22. The molecule has 1 aliphatic rings. The van der Waals surface area contributed by atoms with E-state index >= 15 is 0 Å². The third-order valence-electron chi connectivity index (χ3n) is 2.76. The van der Waals surface area contributed by atoms with Gasteiger partial charge >= 0.3 is 0 Å². The molecule has 1 aromatic rings. The molecule has 2 rings (SSSR count). The maximum absolute atomic E-state index is 6.22. The van der Waals surface area contributed by atoms with E-state index in [1.165, 1.54) is 17.7 Å². The summed E-state index contributed by atoms with van der Waals surface area (Å²) in [6, 6.07) is 4.15. The second-order valence-electron chi connectivity index (χ2n) is 3.81. The molecular weight excluding hydrogens is 196 g/mol. The summed E-state index contributed by atoms with van der Waals surface area (Å²) in [6.07, 6.45) is 2.32. The zero-order valence-electron chi connectivity index (χ0n) is 8.39. The molecule has 0 saturated heterocycles. The molecule has 0 radical (unpaired) electrons. The molecule has 3 heteroatoms. The molecule has 1 aliphatic heterocycles. The maximum atomic E-state index is 6.22. The maximum Gasteiger partial charge on any atom is 0.0645 e. The van der Waals surface area contributed by atoms with Crippen molar-refractivity contribution in [2.45, 2.75) is 19.4 Å². The van der Waals surface area contributed by atoms with Crippen LogP contribution in [0.5, 0.6) is 0 Å². The first-order chi connectivity index (χ1) is 6.72. The highest BCUT2D eigenvalue weighted by molar-refractivity contribution is 6.33. The molecule has 1 heterocycles. The van der Waals surface area contributed by atoms with Crippen LogP contribution in [0.4, 0.5) is 5.69 Å². The molecule has 1 aromatic carbocycles. The van der Waals surface area contributed by atoms with E-state index in [0.29, 0.717) is 6.54 Å². The number of hydrogen-bond donors (Lipinski definition) is 1. The third kappa shape index (κ3) is 1.60. The zero-order chi connectivity index (χ0) is 10.1. The predicted molar refractivity (Wildman–Crippen MR) is 60.9 cm³/mol. The summed E-state index contributed by atoms with van der Waals surface area (Å²) in [7, 11) is 2.09. The number of aryl methyl sites for hydroxylation is 1. The number of hydrogen-bond acceptors (Lipinski definition) is 2. The Kier molecular flexibility index (Phi) is 2.66. The van der Waals surface area contributed by atoms with Crippen molar-refractivity contribution in [1.82, 2.24) is 0 Å². The topological polar surface area (TPSA) is 29.3 Å². The Balaban J connectivity index is 2.51.